The van der Waals surface area contributed by atoms with Gasteiger partial charge in [-0.25, -0.2) is 0 Å². The van der Waals surface area contributed by atoms with Crippen LogP contribution >= 0.6 is 12.6 Å². The van der Waals surface area contributed by atoms with Crippen LogP contribution in [0.4, 0.5) is 0 Å². The molecule has 1 rings (SSSR count). The topological polar surface area (TPSA) is 29.5 Å². The van der Waals surface area contributed by atoms with Gasteiger partial charge < -0.3 is 9.64 Å². The molecular weight excluding hydrogens is 138 g/mol. The molecule has 3 nitrogen and oxygen atoms in total. The van der Waals surface area contributed by atoms with Gasteiger partial charge in [-0.2, -0.15) is 0 Å². The van der Waals surface area contributed by atoms with E-state index < -0.39 is 0 Å². The Hall–Kier alpha value is -0.220. The molecule has 0 bridgehead atoms. The van der Waals surface area contributed by atoms with Crippen LogP contribution in [0.3, 0.4) is 0 Å². The molecule has 0 aromatic rings. The summed E-state index contributed by atoms with van der Waals surface area (Å²) >= 11 is 4.01. The predicted octanol–water partition coefficient (Wildman–Crippen LogP) is 0.0785. The molecule has 9 heavy (non-hydrogen) atoms. The molecule has 1 fully saturated rings. The van der Waals surface area contributed by atoms with Crippen LogP contribution in [-0.4, -0.2) is 29.5 Å². The minimum absolute atomic E-state index is 0.0255. The van der Waals surface area contributed by atoms with Crippen molar-refractivity contribution in [1.29, 1.82) is 0 Å². The number of thiol groups is 1. The van der Waals surface area contributed by atoms with Gasteiger partial charge in [0, 0.05) is 6.54 Å². The van der Waals surface area contributed by atoms with Crippen LogP contribution < -0.4 is 0 Å². The monoisotopic (exact) mass is 147 g/mol. The van der Waals surface area contributed by atoms with Gasteiger partial charge in [-0.15, -0.1) is 12.6 Å². The highest BCUT2D eigenvalue weighted by Crippen LogP contribution is 2.12. The summed E-state index contributed by atoms with van der Waals surface area (Å²) in [6.07, 6.45) is 0. The maximum absolute atomic E-state index is 10.8. The number of amides is 1. The second-order valence-electron chi connectivity index (χ2n) is 1.82. The van der Waals surface area contributed by atoms with E-state index in [-0.39, 0.29) is 18.1 Å². The van der Waals surface area contributed by atoms with Gasteiger partial charge in [0.2, 0.25) is 0 Å². The van der Waals surface area contributed by atoms with E-state index in [1.807, 2.05) is 6.92 Å². The van der Waals surface area contributed by atoms with Crippen LogP contribution in [-0.2, 0) is 9.53 Å². The van der Waals surface area contributed by atoms with Crippen molar-refractivity contribution in [1.82, 2.24) is 4.90 Å². The Bertz CT molecular complexity index is 128. The summed E-state index contributed by atoms with van der Waals surface area (Å²) in [6.45, 7) is 2.75. The second-order valence-corrected chi connectivity index (χ2v) is 2.26. The minimum atomic E-state index is -0.317. The molecule has 0 aromatic carbocycles. The number of carbonyl (C=O) groups excluding carboxylic acids is 1. The van der Waals surface area contributed by atoms with E-state index >= 15 is 0 Å². The fourth-order valence-corrected chi connectivity index (χ4v) is 1.14. The van der Waals surface area contributed by atoms with Crippen LogP contribution in [0.25, 0.3) is 0 Å². The Balaban J connectivity index is 2.55. The van der Waals surface area contributed by atoms with Crippen LogP contribution in [0, 0.1) is 0 Å². The molecule has 0 aromatic heterocycles. The smallest absolute Gasteiger partial charge is 0.251 e. The van der Waals surface area contributed by atoms with Gasteiger partial charge in [-0.3, -0.25) is 4.79 Å². The maximum atomic E-state index is 10.8. The van der Waals surface area contributed by atoms with Gasteiger partial charge >= 0.3 is 0 Å². The molecule has 1 aliphatic rings. The lowest BCUT2D eigenvalue weighted by Crippen LogP contribution is -2.29. The summed E-state index contributed by atoms with van der Waals surface area (Å²) < 4.78 is 4.91. The molecule has 0 saturated carbocycles. The molecule has 4 heteroatoms. The molecule has 0 N–H and O–H groups in total. The number of hydrogen-bond donors (Lipinski definition) is 1. The van der Waals surface area contributed by atoms with Crippen molar-refractivity contribution in [2.45, 2.75) is 12.5 Å². The molecule has 1 saturated heterocycles. The van der Waals surface area contributed by atoms with Gasteiger partial charge in [0.25, 0.3) is 5.91 Å². The summed E-state index contributed by atoms with van der Waals surface area (Å²) in [6, 6.07) is 0. The van der Waals surface area contributed by atoms with Crippen molar-refractivity contribution in [2.75, 3.05) is 13.2 Å². The quantitative estimate of drug-likeness (QED) is 0.532. The highest BCUT2D eigenvalue weighted by molar-refractivity contribution is 7.80. The predicted molar refractivity (Wildman–Crippen MR) is 36.1 cm³/mol. The molecule has 0 spiro atoms. The normalized spacial score (nSPS) is 27.6. The van der Waals surface area contributed by atoms with E-state index in [0.717, 1.165) is 0 Å². The Morgan fingerprint density at radius 3 is 2.89 bits per heavy atom. The van der Waals surface area contributed by atoms with E-state index in [1.165, 1.54) is 0 Å². The molecule has 1 unspecified atom stereocenters. The zero-order valence-corrected chi connectivity index (χ0v) is 6.10. The van der Waals surface area contributed by atoms with Gasteiger partial charge in [0.15, 0.2) is 5.56 Å². The largest absolute Gasteiger partial charge is 0.339 e. The van der Waals surface area contributed by atoms with Gasteiger partial charge in [0.05, 0.1) is 0 Å². The van der Waals surface area contributed by atoms with Crippen LogP contribution in [0.15, 0.2) is 0 Å². The molecule has 0 aliphatic carbocycles. The van der Waals surface area contributed by atoms with Crippen molar-refractivity contribution < 1.29 is 9.53 Å². The SMILES string of the molecule is CCN1C(=O)COC1S. The molecular formula is C5H9NO2S. The van der Waals surface area contributed by atoms with Crippen molar-refractivity contribution in [3.05, 3.63) is 0 Å². The van der Waals surface area contributed by atoms with Crippen molar-refractivity contribution >= 4 is 18.5 Å². The average molecular weight is 147 g/mol. The van der Waals surface area contributed by atoms with Gasteiger partial charge in [-0.1, -0.05) is 0 Å². The average Bonchev–Trinajstić information content (AvgIpc) is 2.12. The van der Waals surface area contributed by atoms with Crippen LogP contribution in [0.2, 0.25) is 0 Å². The lowest BCUT2D eigenvalue weighted by molar-refractivity contribution is -0.126. The van der Waals surface area contributed by atoms with Crippen LogP contribution in [0.1, 0.15) is 6.92 Å². The zero-order valence-electron chi connectivity index (χ0n) is 5.20. The van der Waals surface area contributed by atoms with Crippen LogP contribution in [0.5, 0.6) is 0 Å². The van der Waals surface area contributed by atoms with E-state index in [4.69, 9.17) is 4.74 Å². The maximum Gasteiger partial charge on any atom is 0.251 e. The summed E-state index contributed by atoms with van der Waals surface area (Å²) in [4.78, 5) is 12.3. The molecule has 1 amide bonds. The van der Waals surface area contributed by atoms with Crippen molar-refractivity contribution in [3.63, 3.8) is 0 Å². The third-order valence-corrected chi connectivity index (χ3v) is 1.71. The van der Waals surface area contributed by atoms with Gasteiger partial charge in [0.1, 0.15) is 6.61 Å². The molecule has 52 valence electrons. The minimum Gasteiger partial charge on any atom is -0.339 e. The molecule has 1 aliphatic heterocycles. The first-order chi connectivity index (χ1) is 4.25. The third-order valence-electron chi connectivity index (χ3n) is 1.28. The molecule has 1 atom stereocenters. The number of ether oxygens (including phenoxy) is 1. The first kappa shape index (κ1) is 6.89. The van der Waals surface area contributed by atoms with E-state index in [0.29, 0.717) is 6.54 Å². The van der Waals surface area contributed by atoms with Crippen molar-refractivity contribution in [3.8, 4) is 0 Å². The number of likely N-dealkylation sites (N-methyl/N-ethyl adjacent to an activating group) is 1. The lowest BCUT2D eigenvalue weighted by atomic mass is 10.5. The molecule has 0 radical (unpaired) electrons. The Morgan fingerprint density at radius 1 is 2.00 bits per heavy atom. The summed E-state index contributed by atoms with van der Waals surface area (Å²) in [5.74, 6) is 0.0255. The highest BCUT2D eigenvalue weighted by atomic mass is 32.1. The molecule has 1 heterocycles. The standard InChI is InChI=1S/C5H9NO2S/c1-2-6-4(7)3-8-5(6)9/h5,9H,2-3H2,1H3. The van der Waals surface area contributed by atoms with Crippen molar-refractivity contribution in [2.24, 2.45) is 0 Å². The van der Waals surface area contributed by atoms with Gasteiger partial charge in [-0.05, 0) is 6.92 Å². The third kappa shape index (κ3) is 1.19. The zero-order chi connectivity index (χ0) is 6.85. The van der Waals surface area contributed by atoms with E-state index in [1.54, 1.807) is 4.90 Å². The Morgan fingerprint density at radius 2 is 2.67 bits per heavy atom. The highest BCUT2D eigenvalue weighted by Gasteiger charge is 2.26. The van der Waals surface area contributed by atoms with E-state index in [2.05, 4.69) is 12.6 Å². The summed E-state index contributed by atoms with van der Waals surface area (Å²) in [5, 5.41) is 0. The number of nitrogens with zero attached hydrogens (tertiary/aromatic N) is 1. The van der Waals surface area contributed by atoms with E-state index in [9.17, 15) is 4.79 Å². The Kier molecular flexibility index (Phi) is 1.97. The Labute approximate surface area is 59.4 Å². The summed E-state index contributed by atoms with van der Waals surface area (Å²) in [7, 11) is 0. The fourth-order valence-electron chi connectivity index (χ4n) is 0.774. The number of hydrogen-bond acceptors (Lipinski definition) is 3. The lowest BCUT2D eigenvalue weighted by Gasteiger charge is -2.15. The second kappa shape index (κ2) is 2.58. The first-order valence-corrected chi connectivity index (χ1v) is 3.36. The fraction of sp³-hybridized carbons (Fsp3) is 0.800. The number of rotatable bonds is 1. The number of carbonyl (C=O) groups is 1. The first-order valence-electron chi connectivity index (χ1n) is 2.85. The summed E-state index contributed by atoms with van der Waals surface area (Å²) in [5.41, 5.74) is -0.317.